The quantitative estimate of drug-likeness (QED) is 0.446. The van der Waals surface area contributed by atoms with Gasteiger partial charge in [-0.3, -0.25) is 4.79 Å². The average Bonchev–Trinajstić information content (AvgIpc) is 2.52. The van der Waals surface area contributed by atoms with Crippen molar-refractivity contribution < 1.29 is 40.7 Å². The summed E-state index contributed by atoms with van der Waals surface area (Å²) in [6, 6.07) is 2.79. The smallest absolute Gasteiger partial charge is 0.441 e. The number of rotatable bonds is 6. The van der Waals surface area contributed by atoms with E-state index in [0.29, 0.717) is 12.1 Å². The second-order valence-corrected chi connectivity index (χ2v) is 5.07. The zero-order valence-electron chi connectivity index (χ0n) is 13.7. The molecule has 1 amide bonds. The van der Waals surface area contributed by atoms with Crippen molar-refractivity contribution in [3.63, 3.8) is 0 Å². The molecule has 2 N–H and O–H groups in total. The molecular weight excluding hydrogens is 370 g/mol. The van der Waals surface area contributed by atoms with Crippen molar-refractivity contribution in [3.05, 3.63) is 29.8 Å². The van der Waals surface area contributed by atoms with Crippen molar-refractivity contribution in [1.82, 2.24) is 5.32 Å². The molecular formula is C15H16F6N2O3. The van der Waals surface area contributed by atoms with Gasteiger partial charge in [-0.15, -0.1) is 0 Å². The van der Waals surface area contributed by atoms with E-state index in [-0.39, 0.29) is 0 Å². The largest absolute Gasteiger partial charge is 0.463 e. The summed E-state index contributed by atoms with van der Waals surface area (Å²) in [5, 5.41) is 3.14. The summed E-state index contributed by atoms with van der Waals surface area (Å²) in [5.41, 5.74) is -5.65. The van der Waals surface area contributed by atoms with Gasteiger partial charge in [-0.05, 0) is 25.1 Å². The van der Waals surface area contributed by atoms with E-state index in [1.165, 1.54) is 19.2 Å². The maximum Gasteiger partial charge on any atom is 0.441 e. The fourth-order valence-electron chi connectivity index (χ4n) is 1.92. The van der Waals surface area contributed by atoms with Crippen LogP contribution in [0.5, 0.6) is 0 Å². The van der Waals surface area contributed by atoms with E-state index in [9.17, 15) is 35.9 Å². The third-order valence-corrected chi connectivity index (χ3v) is 3.18. The third-order valence-electron chi connectivity index (χ3n) is 3.18. The lowest BCUT2D eigenvalue weighted by Crippen LogP contribution is -2.69. The van der Waals surface area contributed by atoms with Gasteiger partial charge in [-0.2, -0.15) is 26.3 Å². The second kappa shape index (κ2) is 7.83. The number of benzene rings is 1. The predicted octanol–water partition coefficient (Wildman–Crippen LogP) is 3.47. The Kier molecular flexibility index (Phi) is 6.50. The summed E-state index contributed by atoms with van der Waals surface area (Å²) in [7, 11) is 0. The molecule has 146 valence electrons. The molecule has 0 bridgehead atoms. The fourth-order valence-corrected chi connectivity index (χ4v) is 1.92. The Bertz CT molecular complexity index is 660. The molecule has 0 heterocycles. The molecule has 0 aliphatic heterocycles. The van der Waals surface area contributed by atoms with Crippen LogP contribution in [-0.2, 0) is 20.5 Å². The van der Waals surface area contributed by atoms with E-state index < -0.39 is 54.2 Å². The van der Waals surface area contributed by atoms with Crippen molar-refractivity contribution in [3.8, 4) is 0 Å². The van der Waals surface area contributed by atoms with Crippen molar-refractivity contribution in [2.75, 3.05) is 11.9 Å². The van der Waals surface area contributed by atoms with Crippen LogP contribution in [0.3, 0.4) is 0 Å². The number of hydrogen-bond donors (Lipinski definition) is 2. The molecule has 26 heavy (non-hydrogen) atoms. The van der Waals surface area contributed by atoms with Crippen molar-refractivity contribution in [2.24, 2.45) is 0 Å². The summed E-state index contributed by atoms with van der Waals surface area (Å²) in [6.45, 7) is 2.04. The first-order valence-electron chi connectivity index (χ1n) is 7.37. The first kappa shape index (κ1) is 21.6. The Morgan fingerprint density at radius 2 is 1.69 bits per heavy atom. The molecule has 0 aromatic heterocycles. The van der Waals surface area contributed by atoms with Gasteiger partial charge in [0.2, 0.25) is 5.91 Å². The van der Waals surface area contributed by atoms with Crippen molar-refractivity contribution in [1.29, 1.82) is 0 Å². The predicted molar refractivity (Wildman–Crippen MR) is 78.9 cm³/mol. The van der Waals surface area contributed by atoms with E-state index in [2.05, 4.69) is 4.74 Å². The Morgan fingerprint density at radius 1 is 1.08 bits per heavy atom. The minimum Gasteiger partial charge on any atom is -0.463 e. The minimum atomic E-state index is -5.40. The molecule has 0 spiro atoms. The lowest BCUT2D eigenvalue weighted by atomic mass is 10.1. The Hall–Kier alpha value is -2.46. The van der Waals surface area contributed by atoms with Gasteiger partial charge in [-0.1, -0.05) is 13.0 Å². The molecule has 0 fully saturated rings. The van der Waals surface area contributed by atoms with Crippen LogP contribution in [0.1, 0.15) is 25.8 Å². The van der Waals surface area contributed by atoms with Gasteiger partial charge < -0.3 is 15.4 Å². The van der Waals surface area contributed by atoms with E-state index in [4.69, 9.17) is 0 Å². The van der Waals surface area contributed by atoms with Crippen LogP contribution in [0.15, 0.2) is 24.3 Å². The standard InChI is InChI=1S/C15H16F6N2O3/c1-3-11(24)23-13(15(19,20)21,12(25)26-4-2)22-10-7-5-6-9(8-10)14(16,17)18/h5-8,22H,3-4H2,1-2H3,(H,23,24). The van der Waals surface area contributed by atoms with Crippen LogP contribution in [0.25, 0.3) is 0 Å². The van der Waals surface area contributed by atoms with Crippen LogP contribution in [-0.4, -0.2) is 30.3 Å². The number of anilines is 1. The Morgan fingerprint density at radius 3 is 2.15 bits per heavy atom. The average molecular weight is 386 g/mol. The molecule has 0 saturated heterocycles. The van der Waals surface area contributed by atoms with Gasteiger partial charge in [0.25, 0.3) is 0 Å². The Labute approximate surface area is 144 Å². The molecule has 5 nitrogen and oxygen atoms in total. The molecule has 0 radical (unpaired) electrons. The third kappa shape index (κ3) is 4.79. The fraction of sp³-hybridized carbons (Fsp3) is 0.467. The topological polar surface area (TPSA) is 67.4 Å². The number of alkyl halides is 6. The van der Waals surface area contributed by atoms with Crippen LogP contribution >= 0.6 is 0 Å². The van der Waals surface area contributed by atoms with Gasteiger partial charge in [0, 0.05) is 12.1 Å². The van der Waals surface area contributed by atoms with E-state index in [1.54, 1.807) is 5.32 Å². The first-order chi connectivity index (χ1) is 11.9. The molecule has 0 aliphatic carbocycles. The molecule has 0 saturated carbocycles. The summed E-state index contributed by atoms with van der Waals surface area (Å²) in [6.07, 6.45) is -10.6. The number of amides is 1. The minimum absolute atomic E-state index is 0.387. The molecule has 1 rings (SSSR count). The number of carbonyl (C=O) groups is 2. The lowest BCUT2D eigenvalue weighted by molar-refractivity contribution is -0.207. The van der Waals surface area contributed by atoms with Crippen molar-refractivity contribution in [2.45, 2.75) is 38.3 Å². The van der Waals surface area contributed by atoms with Crippen LogP contribution in [0.4, 0.5) is 32.0 Å². The van der Waals surface area contributed by atoms with E-state index >= 15 is 0 Å². The van der Waals surface area contributed by atoms with Crippen LogP contribution in [0, 0.1) is 0 Å². The van der Waals surface area contributed by atoms with Gasteiger partial charge in [-0.25, -0.2) is 4.79 Å². The highest BCUT2D eigenvalue weighted by atomic mass is 19.4. The van der Waals surface area contributed by atoms with E-state index in [0.717, 1.165) is 12.1 Å². The maximum absolute atomic E-state index is 13.7. The highest BCUT2D eigenvalue weighted by Crippen LogP contribution is 2.35. The molecule has 1 aromatic carbocycles. The Balaban J connectivity index is 3.44. The zero-order chi connectivity index (χ0) is 20.2. The number of carbonyl (C=O) groups excluding carboxylic acids is 2. The molecule has 11 heteroatoms. The van der Waals surface area contributed by atoms with Crippen LogP contribution in [0.2, 0.25) is 0 Å². The zero-order valence-corrected chi connectivity index (χ0v) is 13.7. The SMILES string of the molecule is CCOC(=O)C(NC(=O)CC)(Nc1cccc(C(F)(F)F)c1)C(F)(F)F. The van der Waals surface area contributed by atoms with Crippen LogP contribution < -0.4 is 10.6 Å². The first-order valence-corrected chi connectivity index (χ1v) is 7.37. The highest BCUT2D eigenvalue weighted by molar-refractivity contribution is 5.91. The maximum atomic E-state index is 13.7. The molecule has 0 aliphatic rings. The second-order valence-electron chi connectivity index (χ2n) is 5.07. The van der Waals surface area contributed by atoms with E-state index in [1.807, 2.05) is 0 Å². The number of nitrogens with one attached hydrogen (secondary N) is 2. The number of hydrogen-bond acceptors (Lipinski definition) is 4. The van der Waals surface area contributed by atoms with Gasteiger partial charge in [0.15, 0.2) is 0 Å². The summed E-state index contributed by atoms with van der Waals surface area (Å²) in [4.78, 5) is 23.6. The molecule has 1 unspecified atom stereocenters. The van der Waals surface area contributed by atoms with Gasteiger partial charge in [0.05, 0.1) is 12.2 Å². The summed E-state index contributed by atoms with van der Waals surface area (Å²) in [5.74, 6) is -3.05. The van der Waals surface area contributed by atoms with Crippen molar-refractivity contribution >= 4 is 17.6 Å². The number of ether oxygens (including phenoxy) is 1. The van der Waals surface area contributed by atoms with Gasteiger partial charge >= 0.3 is 24.0 Å². The normalized spacial score (nSPS) is 14.3. The molecule has 1 atom stereocenters. The summed E-state index contributed by atoms with van der Waals surface area (Å²) < 4.78 is 83.7. The monoisotopic (exact) mass is 386 g/mol. The molecule has 1 aromatic rings. The number of halogens is 6. The number of esters is 1. The summed E-state index contributed by atoms with van der Waals surface area (Å²) >= 11 is 0. The van der Waals surface area contributed by atoms with Gasteiger partial charge in [0.1, 0.15) is 0 Å². The lowest BCUT2D eigenvalue weighted by Gasteiger charge is -2.35. The highest BCUT2D eigenvalue weighted by Gasteiger charge is 2.63.